The van der Waals surface area contributed by atoms with Gasteiger partial charge in [0.05, 0.1) is 10.5 Å². The van der Waals surface area contributed by atoms with Crippen LogP contribution in [0, 0.1) is 25.5 Å². The summed E-state index contributed by atoms with van der Waals surface area (Å²) in [7, 11) is 0. The van der Waals surface area contributed by atoms with Crippen molar-refractivity contribution in [1.82, 2.24) is 0 Å². The van der Waals surface area contributed by atoms with E-state index in [1.54, 1.807) is 19.9 Å². The highest BCUT2D eigenvalue weighted by Gasteiger charge is 2.23. The predicted molar refractivity (Wildman–Crippen MR) is 68.3 cm³/mol. The zero-order valence-electron chi connectivity index (χ0n) is 9.93. The molecule has 1 heterocycles. The van der Waals surface area contributed by atoms with Crippen molar-refractivity contribution in [2.45, 2.75) is 19.9 Å². The lowest BCUT2D eigenvalue weighted by molar-refractivity contribution is 0.496. The molecule has 0 radical (unpaired) electrons. The molecule has 2 N–H and O–H groups in total. The van der Waals surface area contributed by atoms with E-state index in [1.165, 1.54) is 12.1 Å². The van der Waals surface area contributed by atoms with Crippen molar-refractivity contribution >= 4 is 15.9 Å². The molecule has 1 aromatic heterocycles. The highest BCUT2D eigenvalue weighted by atomic mass is 79.9. The number of halogens is 3. The molecule has 0 amide bonds. The fourth-order valence-electron chi connectivity index (χ4n) is 1.94. The van der Waals surface area contributed by atoms with Crippen LogP contribution in [0.2, 0.25) is 0 Å². The lowest BCUT2D eigenvalue weighted by atomic mass is 9.99. The molecule has 0 aliphatic heterocycles. The maximum atomic E-state index is 13.9. The van der Waals surface area contributed by atoms with E-state index in [2.05, 4.69) is 15.9 Å². The molecule has 0 fully saturated rings. The summed E-state index contributed by atoms with van der Waals surface area (Å²) in [5.74, 6) is -0.116. The van der Waals surface area contributed by atoms with Gasteiger partial charge in [-0.05, 0) is 48.0 Å². The number of furan rings is 1. The lowest BCUT2D eigenvalue weighted by Crippen LogP contribution is -2.16. The van der Waals surface area contributed by atoms with Crippen LogP contribution in [0.3, 0.4) is 0 Å². The number of benzene rings is 1. The largest absolute Gasteiger partial charge is 0.466 e. The third-order valence-corrected chi connectivity index (χ3v) is 3.42. The van der Waals surface area contributed by atoms with Crippen molar-refractivity contribution in [2.24, 2.45) is 5.73 Å². The quantitative estimate of drug-likeness (QED) is 0.851. The van der Waals surface area contributed by atoms with Crippen molar-refractivity contribution in [3.05, 3.63) is 57.0 Å². The molecule has 18 heavy (non-hydrogen) atoms. The third kappa shape index (κ3) is 2.20. The van der Waals surface area contributed by atoms with Gasteiger partial charge in [0.1, 0.15) is 23.2 Å². The number of hydrogen-bond acceptors (Lipinski definition) is 2. The SMILES string of the molecule is Cc1cc(C(N)c2c(F)ccc(Br)c2F)c(C)o1. The first-order valence-corrected chi connectivity index (χ1v) is 6.17. The molecule has 0 spiro atoms. The Morgan fingerprint density at radius 3 is 2.50 bits per heavy atom. The highest BCUT2D eigenvalue weighted by Crippen LogP contribution is 2.31. The molecule has 96 valence electrons. The molecule has 5 heteroatoms. The zero-order valence-corrected chi connectivity index (χ0v) is 11.5. The van der Waals surface area contributed by atoms with Gasteiger partial charge in [-0.3, -0.25) is 0 Å². The summed E-state index contributed by atoms with van der Waals surface area (Å²) in [6, 6.07) is 3.30. The van der Waals surface area contributed by atoms with Gasteiger partial charge in [0, 0.05) is 11.1 Å². The topological polar surface area (TPSA) is 39.2 Å². The smallest absolute Gasteiger partial charge is 0.145 e. The van der Waals surface area contributed by atoms with E-state index in [-0.39, 0.29) is 10.0 Å². The first kappa shape index (κ1) is 13.2. The Morgan fingerprint density at radius 1 is 1.28 bits per heavy atom. The molecular formula is C13H12BrF2NO. The van der Waals surface area contributed by atoms with Crippen LogP contribution in [0.4, 0.5) is 8.78 Å². The van der Waals surface area contributed by atoms with Crippen molar-refractivity contribution in [3.8, 4) is 0 Å². The van der Waals surface area contributed by atoms with Gasteiger partial charge in [0.15, 0.2) is 0 Å². The first-order valence-electron chi connectivity index (χ1n) is 5.37. The molecule has 2 rings (SSSR count). The average Bonchev–Trinajstić information content (AvgIpc) is 2.63. The summed E-state index contributed by atoms with van der Waals surface area (Å²) in [4.78, 5) is 0. The Morgan fingerprint density at radius 2 is 1.94 bits per heavy atom. The van der Waals surface area contributed by atoms with Crippen LogP contribution in [0.5, 0.6) is 0 Å². The van der Waals surface area contributed by atoms with E-state index < -0.39 is 17.7 Å². The number of nitrogens with two attached hydrogens (primary N) is 1. The minimum Gasteiger partial charge on any atom is -0.466 e. The summed E-state index contributed by atoms with van der Waals surface area (Å²) >= 11 is 3.02. The summed E-state index contributed by atoms with van der Waals surface area (Å²) in [6.07, 6.45) is 0. The van der Waals surface area contributed by atoms with Crippen LogP contribution in [-0.4, -0.2) is 0 Å². The van der Waals surface area contributed by atoms with Crippen LogP contribution in [-0.2, 0) is 0 Å². The maximum Gasteiger partial charge on any atom is 0.145 e. The minimum atomic E-state index is -0.889. The Kier molecular flexibility index (Phi) is 3.54. The Balaban J connectivity index is 2.56. The van der Waals surface area contributed by atoms with Gasteiger partial charge in [-0.2, -0.15) is 0 Å². The molecule has 0 bridgehead atoms. The van der Waals surface area contributed by atoms with Crippen molar-refractivity contribution in [3.63, 3.8) is 0 Å². The second-order valence-corrected chi connectivity index (χ2v) is 4.96. The van der Waals surface area contributed by atoms with Crippen LogP contribution >= 0.6 is 15.9 Å². The molecule has 2 nitrogen and oxygen atoms in total. The standard InChI is InChI=1S/C13H12BrF2NO/c1-6-5-8(7(2)18-6)13(17)11-10(15)4-3-9(14)12(11)16/h3-5,13H,17H2,1-2H3. The number of aryl methyl sites for hydroxylation is 2. The van der Waals surface area contributed by atoms with Gasteiger partial charge < -0.3 is 10.2 Å². The third-order valence-electron chi connectivity index (χ3n) is 2.80. The van der Waals surface area contributed by atoms with Gasteiger partial charge in [0.25, 0.3) is 0 Å². The van der Waals surface area contributed by atoms with Gasteiger partial charge in [-0.1, -0.05) is 0 Å². The van der Waals surface area contributed by atoms with E-state index in [0.29, 0.717) is 17.1 Å². The van der Waals surface area contributed by atoms with Crippen molar-refractivity contribution < 1.29 is 13.2 Å². The van der Waals surface area contributed by atoms with E-state index in [4.69, 9.17) is 10.2 Å². The molecule has 0 saturated carbocycles. The van der Waals surface area contributed by atoms with E-state index in [0.717, 1.165) is 0 Å². The minimum absolute atomic E-state index is 0.159. The number of rotatable bonds is 2. The van der Waals surface area contributed by atoms with Gasteiger partial charge in [-0.25, -0.2) is 8.78 Å². The van der Waals surface area contributed by atoms with Gasteiger partial charge >= 0.3 is 0 Å². The fourth-order valence-corrected chi connectivity index (χ4v) is 2.29. The zero-order chi connectivity index (χ0) is 13.4. The monoisotopic (exact) mass is 315 g/mol. The molecule has 1 unspecified atom stereocenters. The van der Waals surface area contributed by atoms with Crippen molar-refractivity contribution in [1.29, 1.82) is 0 Å². The molecule has 0 aliphatic rings. The summed E-state index contributed by atoms with van der Waals surface area (Å²) < 4.78 is 33.2. The first-order chi connectivity index (χ1) is 8.41. The summed E-state index contributed by atoms with van der Waals surface area (Å²) in [6.45, 7) is 3.48. The van der Waals surface area contributed by atoms with E-state index in [1.807, 2.05) is 0 Å². The van der Waals surface area contributed by atoms with Crippen LogP contribution < -0.4 is 5.73 Å². The molecule has 1 atom stereocenters. The van der Waals surface area contributed by atoms with Crippen LogP contribution in [0.25, 0.3) is 0 Å². The Labute approximate surface area is 112 Å². The second-order valence-electron chi connectivity index (χ2n) is 4.10. The van der Waals surface area contributed by atoms with Gasteiger partial charge in [0.2, 0.25) is 0 Å². The number of hydrogen-bond donors (Lipinski definition) is 1. The van der Waals surface area contributed by atoms with E-state index >= 15 is 0 Å². The Hall–Kier alpha value is -1.20. The molecule has 0 saturated heterocycles. The average molecular weight is 316 g/mol. The Bertz CT molecular complexity index is 595. The van der Waals surface area contributed by atoms with Crippen LogP contribution in [0.1, 0.15) is 28.7 Å². The second kappa shape index (κ2) is 4.82. The molecule has 1 aromatic carbocycles. The lowest BCUT2D eigenvalue weighted by Gasteiger charge is -2.14. The molecular weight excluding hydrogens is 304 g/mol. The van der Waals surface area contributed by atoms with Crippen molar-refractivity contribution in [2.75, 3.05) is 0 Å². The van der Waals surface area contributed by atoms with Gasteiger partial charge in [-0.15, -0.1) is 0 Å². The normalized spacial score (nSPS) is 12.8. The highest BCUT2D eigenvalue weighted by molar-refractivity contribution is 9.10. The summed E-state index contributed by atoms with van der Waals surface area (Å²) in [5.41, 5.74) is 6.37. The van der Waals surface area contributed by atoms with E-state index in [9.17, 15) is 8.78 Å². The predicted octanol–water partition coefficient (Wildman–Crippen LogP) is 3.99. The summed E-state index contributed by atoms with van der Waals surface area (Å²) in [5, 5.41) is 0. The van der Waals surface area contributed by atoms with Crippen LogP contribution in [0.15, 0.2) is 27.1 Å². The molecule has 0 aliphatic carbocycles. The molecule has 2 aromatic rings. The maximum absolute atomic E-state index is 13.9. The fraction of sp³-hybridized carbons (Fsp3) is 0.231.